The molecule has 9 nitrogen and oxygen atoms in total. The predicted octanol–water partition coefficient (Wildman–Crippen LogP) is 0.881. The molecule has 1 aromatic heterocycles. The van der Waals surface area contributed by atoms with Crippen molar-refractivity contribution >= 4 is 21.6 Å². The Kier molecular flexibility index (Phi) is 5.35. The van der Waals surface area contributed by atoms with Crippen LogP contribution in [0, 0.1) is 30.6 Å². The summed E-state index contributed by atoms with van der Waals surface area (Å²) in [6.07, 6.45) is 6.54. The topological polar surface area (TPSA) is 133 Å². The Labute approximate surface area is 174 Å². The number of sulfonamides is 1. The van der Waals surface area contributed by atoms with Crippen molar-refractivity contribution < 1.29 is 23.1 Å². The number of nitrogens with zero attached hydrogens (tertiary/aromatic N) is 2. The Hall–Kier alpha value is -3.31. The third-order valence-corrected chi connectivity index (χ3v) is 6.35. The summed E-state index contributed by atoms with van der Waals surface area (Å²) < 4.78 is 34.8. The van der Waals surface area contributed by atoms with Crippen molar-refractivity contribution in [1.29, 1.82) is 5.26 Å². The summed E-state index contributed by atoms with van der Waals surface area (Å²) in [6, 6.07) is 5.77. The second kappa shape index (κ2) is 7.50. The van der Waals surface area contributed by atoms with E-state index in [2.05, 4.69) is 16.0 Å². The van der Waals surface area contributed by atoms with E-state index in [0.717, 1.165) is 5.56 Å². The average molecular weight is 428 g/mol. The highest BCUT2D eigenvalue weighted by molar-refractivity contribution is 7.89. The Morgan fingerprint density at radius 1 is 1.50 bits per heavy atom. The number of aromatic nitrogens is 1. The van der Waals surface area contributed by atoms with Crippen LogP contribution in [0.3, 0.4) is 0 Å². The van der Waals surface area contributed by atoms with Crippen LogP contribution in [-0.2, 0) is 17.1 Å². The number of nitriles is 1. The highest BCUT2D eigenvalue weighted by Gasteiger charge is 2.40. The van der Waals surface area contributed by atoms with Gasteiger partial charge in [-0.1, -0.05) is 12.0 Å². The van der Waals surface area contributed by atoms with E-state index in [-0.39, 0.29) is 22.9 Å². The van der Waals surface area contributed by atoms with Gasteiger partial charge in [0.25, 0.3) is 5.91 Å². The lowest BCUT2D eigenvalue weighted by Crippen LogP contribution is -2.52. The molecule has 0 spiro atoms. The highest BCUT2D eigenvalue weighted by Crippen LogP contribution is 2.34. The number of ether oxygens (including phenoxy) is 1. The van der Waals surface area contributed by atoms with Crippen molar-refractivity contribution in [2.45, 2.75) is 30.4 Å². The van der Waals surface area contributed by atoms with Gasteiger partial charge in [-0.2, -0.15) is 5.26 Å². The number of aryl methyl sites for hydroxylation is 2. The van der Waals surface area contributed by atoms with E-state index in [1.807, 2.05) is 6.07 Å². The molecule has 10 heteroatoms. The number of carbonyl (C=O) groups excluding carboxylic acids is 1. The number of fused-ring (bicyclic) bond motifs is 1. The summed E-state index contributed by atoms with van der Waals surface area (Å²) in [5.41, 5.74) is -0.289. The molecule has 2 aromatic rings. The maximum atomic E-state index is 12.9. The van der Waals surface area contributed by atoms with Crippen molar-refractivity contribution in [1.82, 2.24) is 9.29 Å². The van der Waals surface area contributed by atoms with Crippen molar-refractivity contribution in [3.8, 4) is 24.2 Å². The van der Waals surface area contributed by atoms with E-state index >= 15 is 0 Å². The third-order valence-electron chi connectivity index (χ3n) is 4.89. The number of hydrogen-bond acceptors (Lipinski definition) is 6. The zero-order valence-corrected chi connectivity index (χ0v) is 17.4. The molecule has 0 fully saturated rings. The lowest BCUT2D eigenvalue weighted by Gasteiger charge is -2.26. The number of aliphatic hydroxyl groups is 1. The minimum atomic E-state index is -4.12. The number of amides is 1. The summed E-state index contributed by atoms with van der Waals surface area (Å²) in [4.78, 5) is 12.7. The highest BCUT2D eigenvalue weighted by atomic mass is 32.2. The van der Waals surface area contributed by atoms with E-state index in [1.54, 1.807) is 19.1 Å². The molecule has 1 aliphatic heterocycles. The van der Waals surface area contributed by atoms with Crippen LogP contribution in [0.5, 0.6) is 5.75 Å². The van der Waals surface area contributed by atoms with Gasteiger partial charge < -0.3 is 19.7 Å². The van der Waals surface area contributed by atoms with Gasteiger partial charge in [-0.05, 0) is 31.5 Å². The summed E-state index contributed by atoms with van der Waals surface area (Å²) in [7, 11) is -2.61. The number of rotatable bonds is 3. The summed E-state index contributed by atoms with van der Waals surface area (Å²) in [6.45, 7) is 2.78. The smallest absolute Gasteiger partial charge is 0.276 e. The first-order chi connectivity index (χ1) is 14.0. The summed E-state index contributed by atoms with van der Waals surface area (Å²) in [5.74, 6) is 1.36. The Morgan fingerprint density at radius 3 is 2.83 bits per heavy atom. The predicted molar refractivity (Wildman–Crippen MR) is 108 cm³/mol. The van der Waals surface area contributed by atoms with Crippen LogP contribution < -0.4 is 14.8 Å². The molecule has 2 atom stereocenters. The first-order valence-corrected chi connectivity index (χ1v) is 10.3. The van der Waals surface area contributed by atoms with Gasteiger partial charge in [0.15, 0.2) is 11.4 Å². The standard InChI is InChI=1S/C20H20N4O5S/c1-5-20(3,26)16-11-29-18-15(30(27,28)23-16)10-24(4)17(18)19(25)22-14-7-6-12(2)13(8-14)9-21/h1,6-8,10,16,23,26H,11H2,2-4H3,(H,22,25)/t16-,20+/m0/s1. The number of anilines is 1. The SMILES string of the molecule is C#C[C@@](C)(O)[C@@H]1COc2c(cn(C)c2C(=O)Nc2ccc(C)c(C#N)c2)S(=O)(=O)N1. The lowest BCUT2D eigenvalue weighted by molar-refractivity contribution is 0.0640. The molecule has 0 bridgehead atoms. The number of hydrogen-bond donors (Lipinski definition) is 3. The molecule has 0 aliphatic carbocycles. The molecule has 1 aliphatic rings. The fraction of sp³-hybridized carbons (Fsp3) is 0.300. The van der Waals surface area contributed by atoms with Crippen LogP contribution in [-0.4, -0.2) is 42.2 Å². The molecular formula is C20H20N4O5S. The van der Waals surface area contributed by atoms with Crippen LogP contribution in [0.1, 0.15) is 28.5 Å². The lowest BCUT2D eigenvalue weighted by atomic mass is 9.99. The van der Waals surface area contributed by atoms with Gasteiger partial charge in [0.1, 0.15) is 17.1 Å². The van der Waals surface area contributed by atoms with Gasteiger partial charge in [0.05, 0.1) is 17.7 Å². The molecule has 0 unspecified atom stereocenters. The fourth-order valence-corrected chi connectivity index (χ4v) is 4.51. The summed E-state index contributed by atoms with van der Waals surface area (Å²) >= 11 is 0. The molecule has 3 N–H and O–H groups in total. The number of nitrogens with one attached hydrogen (secondary N) is 2. The monoisotopic (exact) mass is 428 g/mol. The second-order valence-electron chi connectivity index (χ2n) is 7.15. The van der Waals surface area contributed by atoms with Crippen LogP contribution >= 0.6 is 0 Å². The number of carbonyl (C=O) groups is 1. The molecule has 156 valence electrons. The van der Waals surface area contributed by atoms with E-state index < -0.39 is 27.6 Å². The van der Waals surface area contributed by atoms with Crippen molar-refractivity contribution in [2.75, 3.05) is 11.9 Å². The van der Waals surface area contributed by atoms with Gasteiger partial charge in [-0.3, -0.25) is 4.79 Å². The van der Waals surface area contributed by atoms with Gasteiger partial charge >= 0.3 is 0 Å². The molecule has 3 rings (SSSR count). The van der Waals surface area contributed by atoms with Crippen molar-refractivity contribution in [2.24, 2.45) is 7.05 Å². The van der Waals surface area contributed by atoms with E-state index in [9.17, 15) is 18.3 Å². The van der Waals surface area contributed by atoms with Gasteiger partial charge in [0.2, 0.25) is 10.0 Å². The molecule has 30 heavy (non-hydrogen) atoms. The average Bonchev–Trinajstić information content (AvgIpc) is 2.97. The quantitative estimate of drug-likeness (QED) is 0.622. The maximum Gasteiger partial charge on any atom is 0.276 e. The minimum Gasteiger partial charge on any atom is -0.488 e. The van der Waals surface area contributed by atoms with E-state index in [4.69, 9.17) is 16.4 Å². The zero-order chi connectivity index (χ0) is 22.3. The van der Waals surface area contributed by atoms with Crippen LogP contribution in [0.2, 0.25) is 0 Å². The van der Waals surface area contributed by atoms with Gasteiger partial charge in [-0.15, -0.1) is 6.42 Å². The second-order valence-corrected chi connectivity index (χ2v) is 8.84. The molecule has 0 saturated heterocycles. The minimum absolute atomic E-state index is 0.0320. The van der Waals surface area contributed by atoms with Crippen molar-refractivity contribution in [3.63, 3.8) is 0 Å². The van der Waals surface area contributed by atoms with Gasteiger partial charge in [0, 0.05) is 18.9 Å². The van der Waals surface area contributed by atoms with Crippen LogP contribution in [0.25, 0.3) is 0 Å². The zero-order valence-electron chi connectivity index (χ0n) is 16.6. The molecule has 2 heterocycles. The largest absolute Gasteiger partial charge is 0.488 e. The number of terminal acetylenes is 1. The molecule has 1 aromatic carbocycles. The fourth-order valence-electron chi connectivity index (χ4n) is 3.01. The van der Waals surface area contributed by atoms with Crippen molar-refractivity contribution in [3.05, 3.63) is 41.2 Å². The molecular weight excluding hydrogens is 408 g/mol. The van der Waals surface area contributed by atoms with Gasteiger partial charge in [-0.25, -0.2) is 13.1 Å². The van der Waals surface area contributed by atoms with Crippen LogP contribution in [0.4, 0.5) is 5.69 Å². The maximum absolute atomic E-state index is 12.9. The Morgan fingerprint density at radius 2 is 2.20 bits per heavy atom. The van der Waals surface area contributed by atoms with E-state index in [1.165, 1.54) is 30.8 Å². The third kappa shape index (κ3) is 3.76. The normalized spacial score (nSPS) is 19.2. The molecule has 0 saturated carbocycles. The molecule has 1 amide bonds. The van der Waals surface area contributed by atoms with Crippen LogP contribution in [0.15, 0.2) is 29.3 Å². The molecule has 0 radical (unpaired) electrons. The Balaban J connectivity index is 1.99. The first-order valence-electron chi connectivity index (χ1n) is 8.87. The first kappa shape index (κ1) is 21.4. The number of benzene rings is 1. The Bertz CT molecular complexity index is 1220. The summed E-state index contributed by atoms with van der Waals surface area (Å²) in [5, 5.41) is 22.1. The van der Waals surface area contributed by atoms with E-state index in [0.29, 0.717) is 11.3 Å².